The smallest absolute Gasteiger partial charge is 0.105 e. The Morgan fingerprint density at radius 3 is 2.05 bits per heavy atom. The molecule has 0 spiro atoms. The zero-order valence-corrected chi connectivity index (χ0v) is 13.8. The van der Waals surface area contributed by atoms with Crippen molar-refractivity contribution in [3.05, 3.63) is 58.5 Å². The third kappa shape index (κ3) is 3.11. The maximum atomic E-state index is 5.61. The minimum atomic E-state index is 0.193. The summed E-state index contributed by atoms with van der Waals surface area (Å²) in [6.45, 7) is 10.7. The molecular formula is C17H21BrO. The van der Waals surface area contributed by atoms with Gasteiger partial charge >= 0.3 is 0 Å². The summed E-state index contributed by atoms with van der Waals surface area (Å²) in [5, 5.41) is 0. The average molecular weight is 321 g/mol. The van der Waals surface area contributed by atoms with Crippen LogP contribution in [0.2, 0.25) is 0 Å². The lowest BCUT2D eigenvalue weighted by Gasteiger charge is -2.20. The lowest BCUT2D eigenvalue weighted by atomic mass is 9.86. The van der Waals surface area contributed by atoms with E-state index in [0.29, 0.717) is 0 Å². The highest BCUT2D eigenvalue weighted by Crippen LogP contribution is 2.35. The van der Waals surface area contributed by atoms with Gasteiger partial charge in [0.2, 0.25) is 0 Å². The van der Waals surface area contributed by atoms with Gasteiger partial charge in [-0.3, -0.25) is 0 Å². The van der Waals surface area contributed by atoms with Crippen LogP contribution in [-0.2, 0) is 5.41 Å². The second-order valence-electron chi connectivity index (χ2n) is 6.10. The van der Waals surface area contributed by atoms with E-state index in [9.17, 15) is 0 Å². The van der Waals surface area contributed by atoms with Crippen molar-refractivity contribution in [1.82, 2.24) is 0 Å². The van der Waals surface area contributed by atoms with Crippen LogP contribution in [0.3, 0.4) is 0 Å². The van der Waals surface area contributed by atoms with E-state index in [-0.39, 0.29) is 10.2 Å². The molecular weight excluding hydrogens is 300 g/mol. The largest absolute Gasteiger partial charge is 0.466 e. The van der Waals surface area contributed by atoms with E-state index >= 15 is 0 Å². The fourth-order valence-corrected chi connectivity index (χ4v) is 2.99. The summed E-state index contributed by atoms with van der Waals surface area (Å²) in [5.74, 6) is 1.95. The van der Waals surface area contributed by atoms with Gasteiger partial charge in [-0.15, -0.1) is 0 Å². The maximum absolute atomic E-state index is 5.61. The standard InChI is InChI=1S/C17H21BrO/c1-11-10-15(12(2)19-11)16(18)13-6-8-14(9-7-13)17(3,4)5/h6-10,16H,1-5H3. The van der Waals surface area contributed by atoms with Gasteiger partial charge in [0.15, 0.2) is 0 Å². The van der Waals surface area contributed by atoms with Crippen molar-refractivity contribution in [2.75, 3.05) is 0 Å². The molecule has 1 atom stereocenters. The van der Waals surface area contributed by atoms with E-state index in [0.717, 1.165) is 11.5 Å². The summed E-state index contributed by atoms with van der Waals surface area (Å²) in [4.78, 5) is 0.193. The fraction of sp³-hybridized carbons (Fsp3) is 0.412. The van der Waals surface area contributed by atoms with Crippen LogP contribution in [0.25, 0.3) is 0 Å². The third-order valence-corrected chi connectivity index (χ3v) is 4.44. The Bertz CT molecular complexity index is 558. The number of hydrogen-bond acceptors (Lipinski definition) is 1. The van der Waals surface area contributed by atoms with E-state index in [1.807, 2.05) is 13.8 Å². The molecule has 0 amide bonds. The number of benzene rings is 1. The highest BCUT2D eigenvalue weighted by Gasteiger charge is 2.18. The summed E-state index contributed by atoms with van der Waals surface area (Å²) >= 11 is 3.77. The van der Waals surface area contributed by atoms with Gasteiger partial charge in [0.25, 0.3) is 0 Å². The van der Waals surface area contributed by atoms with Crippen molar-refractivity contribution >= 4 is 15.9 Å². The molecule has 1 unspecified atom stereocenters. The second kappa shape index (κ2) is 5.16. The Morgan fingerprint density at radius 1 is 1.05 bits per heavy atom. The zero-order valence-electron chi connectivity index (χ0n) is 12.3. The van der Waals surface area contributed by atoms with E-state index in [4.69, 9.17) is 4.42 Å². The van der Waals surface area contributed by atoms with Gasteiger partial charge < -0.3 is 4.42 Å². The topological polar surface area (TPSA) is 13.1 Å². The average Bonchev–Trinajstić information content (AvgIpc) is 2.66. The molecule has 0 aliphatic heterocycles. The summed E-state index contributed by atoms with van der Waals surface area (Å²) in [6.07, 6.45) is 0. The first-order chi connectivity index (χ1) is 8.79. The quantitative estimate of drug-likeness (QED) is 0.649. The van der Waals surface area contributed by atoms with Crippen molar-refractivity contribution in [3.8, 4) is 0 Å². The van der Waals surface area contributed by atoms with Crippen LogP contribution in [0, 0.1) is 13.8 Å². The summed E-state index contributed by atoms with van der Waals surface area (Å²) in [6, 6.07) is 10.9. The third-order valence-electron chi connectivity index (χ3n) is 3.42. The molecule has 0 N–H and O–H groups in total. The Morgan fingerprint density at radius 2 is 1.63 bits per heavy atom. The number of aryl methyl sites for hydroxylation is 2. The number of alkyl halides is 1. The van der Waals surface area contributed by atoms with Crippen molar-refractivity contribution in [2.24, 2.45) is 0 Å². The Kier molecular flexibility index (Phi) is 3.91. The predicted molar refractivity (Wildman–Crippen MR) is 84.1 cm³/mol. The van der Waals surface area contributed by atoms with Crippen LogP contribution in [0.5, 0.6) is 0 Å². The molecule has 0 aliphatic rings. The van der Waals surface area contributed by atoms with Crippen LogP contribution >= 0.6 is 15.9 Å². The Hall–Kier alpha value is -1.02. The molecule has 0 aliphatic carbocycles. The normalized spacial score (nSPS) is 13.6. The van der Waals surface area contributed by atoms with Crippen LogP contribution < -0.4 is 0 Å². The molecule has 19 heavy (non-hydrogen) atoms. The van der Waals surface area contributed by atoms with Crippen molar-refractivity contribution in [2.45, 2.75) is 44.9 Å². The van der Waals surface area contributed by atoms with Crippen LogP contribution in [0.4, 0.5) is 0 Å². The number of rotatable bonds is 2. The van der Waals surface area contributed by atoms with Crippen molar-refractivity contribution in [3.63, 3.8) is 0 Å². The molecule has 0 saturated heterocycles. The first-order valence-corrected chi connectivity index (χ1v) is 7.52. The molecule has 1 aromatic carbocycles. The minimum Gasteiger partial charge on any atom is -0.466 e. The molecule has 2 heteroatoms. The van der Waals surface area contributed by atoms with Gasteiger partial charge in [0.05, 0.1) is 4.83 Å². The van der Waals surface area contributed by atoms with Gasteiger partial charge in [0.1, 0.15) is 11.5 Å². The first kappa shape index (κ1) is 14.4. The Labute approximate surface area is 124 Å². The molecule has 1 nitrogen and oxygen atoms in total. The van der Waals surface area contributed by atoms with Crippen LogP contribution in [0.15, 0.2) is 34.7 Å². The lowest BCUT2D eigenvalue weighted by Crippen LogP contribution is -2.10. The summed E-state index contributed by atoms with van der Waals surface area (Å²) < 4.78 is 5.61. The molecule has 102 valence electrons. The SMILES string of the molecule is Cc1cc(C(Br)c2ccc(C(C)(C)C)cc2)c(C)o1. The summed E-state index contributed by atoms with van der Waals surface area (Å²) in [7, 11) is 0. The van der Waals surface area contributed by atoms with Gasteiger partial charge in [-0.2, -0.15) is 0 Å². The first-order valence-electron chi connectivity index (χ1n) is 6.60. The molecule has 1 heterocycles. The maximum Gasteiger partial charge on any atom is 0.105 e. The van der Waals surface area contributed by atoms with E-state index in [1.54, 1.807) is 0 Å². The second-order valence-corrected chi connectivity index (χ2v) is 7.02. The summed E-state index contributed by atoms with van der Waals surface area (Å²) in [5.41, 5.74) is 4.02. The molecule has 0 fully saturated rings. The predicted octanol–water partition coefficient (Wildman–Crippen LogP) is 5.68. The molecule has 1 aromatic heterocycles. The minimum absolute atomic E-state index is 0.193. The zero-order chi connectivity index (χ0) is 14.2. The number of furan rings is 1. The van der Waals surface area contributed by atoms with Gasteiger partial charge in [-0.05, 0) is 36.5 Å². The molecule has 0 radical (unpaired) electrons. The van der Waals surface area contributed by atoms with Gasteiger partial charge in [0, 0.05) is 5.56 Å². The molecule has 2 aromatic rings. The molecule has 2 rings (SSSR count). The van der Waals surface area contributed by atoms with Gasteiger partial charge in [-0.25, -0.2) is 0 Å². The van der Waals surface area contributed by atoms with Crippen LogP contribution in [-0.4, -0.2) is 0 Å². The van der Waals surface area contributed by atoms with Crippen molar-refractivity contribution in [1.29, 1.82) is 0 Å². The van der Waals surface area contributed by atoms with E-state index < -0.39 is 0 Å². The fourth-order valence-electron chi connectivity index (χ4n) is 2.23. The highest BCUT2D eigenvalue weighted by molar-refractivity contribution is 9.09. The molecule has 0 bridgehead atoms. The monoisotopic (exact) mass is 320 g/mol. The van der Waals surface area contributed by atoms with Crippen LogP contribution in [0.1, 0.15) is 53.8 Å². The Balaban J connectivity index is 2.30. The highest BCUT2D eigenvalue weighted by atomic mass is 79.9. The van der Waals surface area contributed by atoms with E-state index in [2.05, 4.69) is 67.0 Å². The number of halogens is 1. The lowest BCUT2D eigenvalue weighted by molar-refractivity contribution is 0.502. The molecule has 0 saturated carbocycles. The van der Waals surface area contributed by atoms with Gasteiger partial charge in [-0.1, -0.05) is 61.0 Å². The van der Waals surface area contributed by atoms with E-state index in [1.165, 1.54) is 16.7 Å². The number of hydrogen-bond donors (Lipinski definition) is 0. The van der Waals surface area contributed by atoms with Crippen molar-refractivity contribution < 1.29 is 4.42 Å².